The predicted molar refractivity (Wildman–Crippen MR) is 99.0 cm³/mol. The van der Waals surface area contributed by atoms with Gasteiger partial charge >= 0.3 is 11.6 Å². The molecule has 1 fully saturated rings. The van der Waals surface area contributed by atoms with E-state index in [-0.39, 0.29) is 23.2 Å². The summed E-state index contributed by atoms with van der Waals surface area (Å²) in [6.07, 6.45) is 3.86. The molecule has 7 heteroatoms. The summed E-state index contributed by atoms with van der Waals surface area (Å²) in [6, 6.07) is 6.22. The predicted octanol–water partition coefficient (Wildman–Crippen LogP) is 2.80. The second-order valence-corrected chi connectivity index (χ2v) is 6.57. The van der Waals surface area contributed by atoms with Gasteiger partial charge < -0.3 is 19.2 Å². The van der Waals surface area contributed by atoms with Gasteiger partial charge in [0.05, 0.1) is 6.10 Å². The van der Waals surface area contributed by atoms with Gasteiger partial charge in [0, 0.05) is 31.0 Å². The molecule has 1 atom stereocenters. The first kappa shape index (κ1) is 19.1. The third-order valence-corrected chi connectivity index (χ3v) is 4.43. The molecule has 2 heterocycles. The van der Waals surface area contributed by atoms with Crippen LogP contribution >= 0.6 is 0 Å². The Balaban J connectivity index is 1.72. The molecule has 144 valence electrons. The van der Waals surface area contributed by atoms with E-state index in [4.69, 9.17) is 13.9 Å². The summed E-state index contributed by atoms with van der Waals surface area (Å²) in [6.45, 7) is 3.06. The number of fused-ring (bicyclic) bond motifs is 1. The minimum absolute atomic E-state index is 0.00796. The minimum Gasteiger partial charge on any atom is -0.426 e. The van der Waals surface area contributed by atoms with Crippen LogP contribution in [-0.2, 0) is 9.53 Å². The molecule has 0 aliphatic carbocycles. The fourth-order valence-corrected chi connectivity index (χ4v) is 2.92. The van der Waals surface area contributed by atoms with E-state index in [0.717, 1.165) is 25.7 Å². The van der Waals surface area contributed by atoms with Gasteiger partial charge in [0.2, 0.25) is 0 Å². The molecule has 1 aromatic heterocycles. The van der Waals surface area contributed by atoms with Crippen LogP contribution in [0.5, 0.6) is 5.75 Å². The van der Waals surface area contributed by atoms with Crippen molar-refractivity contribution in [2.75, 3.05) is 13.2 Å². The van der Waals surface area contributed by atoms with Crippen molar-refractivity contribution in [2.45, 2.75) is 45.1 Å². The molecule has 3 rings (SSSR count). The van der Waals surface area contributed by atoms with Gasteiger partial charge in [-0.05, 0) is 37.5 Å². The highest BCUT2D eigenvalue weighted by Crippen LogP contribution is 2.21. The molecule has 2 aromatic rings. The molecule has 0 spiro atoms. The number of carbonyl (C=O) groups is 2. The highest BCUT2D eigenvalue weighted by Gasteiger charge is 2.19. The Labute approximate surface area is 156 Å². The molecule has 0 saturated carbocycles. The van der Waals surface area contributed by atoms with Crippen LogP contribution in [0.15, 0.2) is 33.5 Å². The van der Waals surface area contributed by atoms with E-state index in [2.05, 4.69) is 5.32 Å². The van der Waals surface area contributed by atoms with Crippen LogP contribution in [0, 0.1) is 0 Å². The Hall–Kier alpha value is -2.67. The highest BCUT2D eigenvalue weighted by atomic mass is 16.5. The molecule has 1 aromatic carbocycles. The Morgan fingerprint density at radius 3 is 2.89 bits per heavy atom. The molecule has 1 amide bonds. The van der Waals surface area contributed by atoms with Gasteiger partial charge in [-0.3, -0.25) is 9.59 Å². The first-order chi connectivity index (χ1) is 13.1. The zero-order valence-corrected chi connectivity index (χ0v) is 15.3. The first-order valence-corrected chi connectivity index (χ1v) is 9.25. The largest absolute Gasteiger partial charge is 0.426 e. The molecule has 27 heavy (non-hydrogen) atoms. The fourth-order valence-electron chi connectivity index (χ4n) is 2.92. The maximum Gasteiger partial charge on any atom is 0.349 e. The van der Waals surface area contributed by atoms with Crippen LogP contribution < -0.4 is 15.7 Å². The Morgan fingerprint density at radius 1 is 1.30 bits per heavy atom. The number of benzene rings is 1. The summed E-state index contributed by atoms with van der Waals surface area (Å²) in [5.74, 6) is -0.512. The van der Waals surface area contributed by atoms with Crippen molar-refractivity contribution in [3.63, 3.8) is 0 Å². The van der Waals surface area contributed by atoms with Crippen molar-refractivity contribution < 1.29 is 23.5 Å². The van der Waals surface area contributed by atoms with Gasteiger partial charge in [-0.1, -0.05) is 13.3 Å². The molecule has 1 N–H and O–H groups in total. The molecule has 1 aliphatic heterocycles. The molecule has 0 radical (unpaired) electrons. The summed E-state index contributed by atoms with van der Waals surface area (Å²) in [5.41, 5.74) is -0.536. The van der Waals surface area contributed by atoms with Crippen LogP contribution in [0.1, 0.15) is 49.4 Å². The number of ether oxygens (including phenoxy) is 2. The third kappa shape index (κ3) is 4.95. The van der Waals surface area contributed by atoms with Crippen molar-refractivity contribution in [3.8, 4) is 5.75 Å². The van der Waals surface area contributed by atoms with Gasteiger partial charge in [0.25, 0.3) is 5.91 Å². The number of rotatable bonds is 7. The topological polar surface area (TPSA) is 94.8 Å². The number of carbonyl (C=O) groups excluding carboxylic acids is 2. The molecular formula is C20H23NO6. The van der Waals surface area contributed by atoms with E-state index in [0.29, 0.717) is 30.7 Å². The van der Waals surface area contributed by atoms with E-state index < -0.39 is 11.5 Å². The number of esters is 1. The van der Waals surface area contributed by atoms with E-state index in [1.54, 1.807) is 12.1 Å². The Kier molecular flexibility index (Phi) is 6.24. The minimum atomic E-state index is -0.734. The molecule has 7 nitrogen and oxygen atoms in total. The van der Waals surface area contributed by atoms with Crippen LogP contribution in [0.25, 0.3) is 11.0 Å². The molecular weight excluding hydrogens is 350 g/mol. The average molecular weight is 373 g/mol. The second-order valence-electron chi connectivity index (χ2n) is 6.57. The maximum atomic E-state index is 12.3. The highest BCUT2D eigenvalue weighted by molar-refractivity contribution is 5.96. The van der Waals surface area contributed by atoms with Crippen molar-refractivity contribution >= 4 is 22.8 Å². The van der Waals surface area contributed by atoms with Gasteiger partial charge in [-0.2, -0.15) is 0 Å². The summed E-state index contributed by atoms with van der Waals surface area (Å²) >= 11 is 0. The summed E-state index contributed by atoms with van der Waals surface area (Å²) in [7, 11) is 0. The van der Waals surface area contributed by atoms with Crippen LogP contribution in [0.4, 0.5) is 0 Å². The van der Waals surface area contributed by atoms with E-state index in [9.17, 15) is 14.4 Å². The quantitative estimate of drug-likeness (QED) is 0.456. The number of amides is 1. The van der Waals surface area contributed by atoms with Gasteiger partial charge in [-0.25, -0.2) is 4.79 Å². The molecule has 1 saturated heterocycles. The SMILES string of the molecule is CCCCC(=O)Oc1ccc2cc(C(=O)NCC3CCCO3)c(=O)oc2c1. The van der Waals surface area contributed by atoms with Crippen molar-refractivity contribution in [1.82, 2.24) is 5.32 Å². The normalized spacial score (nSPS) is 16.4. The summed E-state index contributed by atoms with van der Waals surface area (Å²) in [5, 5.41) is 3.28. The zero-order chi connectivity index (χ0) is 19.2. The van der Waals surface area contributed by atoms with E-state index >= 15 is 0 Å². The van der Waals surface area contributed by atoms with E-state index in [1.165, 1.54) is 12.1 Å². The monoisotopic (exact) mass is 373 g/mol. The Bertz CT molecular complexity index is 882. The molecule has 1 aliphatic rings. The standard InChI is InChI=1S/C20H23NO6/c1-2-3-6-18(22)26-14-8-7-13-10-16(20(24)27-17(13)11-14)19(23)21-12-15-5-4-9-25-15/h7-8,10-11,15H,2-6,9,12H2,1H3,(H,21,23). The lowest BCUT2D eigenvalue weighted by molar-refractivity contribution is -0.134. The van der Waals surface area contributed by atoms with E-state index in [1.807, 2.05) is 6.92 Å². The van der Waals surface area contributed by atoms with Crippen molar-refractivity contribution in [2.24, 2.45) is 0 Å². The Morgan fingerprint density at radius 2 is 2.15 bits per heavy atom. The van der Waals surface area contributed by atoms with Gasteiger partial charge in [0.15, 0.2) is 0 Å². The maximum absolute atomic E-state index is 12.3. The average Bonchev–Trinajstić information content (AvgIpc) is 3.17. The number of hydrogen-bond acceptors (Lipinski definition) is 6. The third-order valence-electron chi connectivity index (χ3n) is 4.43. The number of nitrogens with one attached hydrogen (secondary N) is 1. The van der Waals surface area contributed by atoms with Gasteiger partial charge in [-0.15, -0.1) is 0 Å². The van der Waals surface area contributed by atoms with Gasteiger partial charge in [0.1, 0.15) is 16.9 Å². The lowest BCUT2D eigenvalue weighted by Crippen LogP contribution is -2.34. The fraction of sp³-hybridized carbons (Fsp3) is 0.450. The first-order valence-electron chi connectivity index (χ1n) is 9.25. The number of hydrogen-bond donors (Lipinski definition) is 1. The summed E-state index contributed by atoms with van der Waals surface area (Å²) < 4.78 is 15.9. The molecule has 1 unspecified atom stereocenters. The van der Waals surface area contributed by atoms with Crippen LogP contribution in [0.3, 0.4) is 0 Å². The van der Waals surface area contributed by atoms with Crippen molar-refractivity contribution in [3.05, 3.63) is 40.2 Å². The second kappa shape index (κ2) is 8.81. The zero-order valence-electron chi connectivity index (χ0n) is 15.3. The van der Waals surface area contributed by atoms with Crippen LogP contribution in [0.2, 0.25) is 0 Å². The summed E-state index contributed by atoms with van der Waals surface area (Å²) in [4.78, 5) is 36.2. The smallest absolute Gasteiger partial charge is 0.349 e. The molecule has 0 bridgehead atoms. The van der Waals surface area contributed by atoms with Crippen LogP contribution in [-0.4, -0.2) is 31.1 Å². The lowest BCUT2D eigenvalue weighted by atomic mass is 10.1. The lowest BCUT2D eigenvalue weighted by Gasteiger charge is -2.10. The van der Waals surface area contributed by atoms with Crippen molar-refractivity contribution in [1.29, 1.82) is 0 Å². The number of unbranched alkanes of at least 4 members (excludes halogenated alkanes) is 1.